The Balaban J connectivity index is 1.77. The van der Waals surface area contributed by atoms with Gasteiger partial charge in [0, 0.05) is 6.54 Å². The van der Waals surface area contributed by atoms with Crippen molar-refractivity contribution < 1.29 is 9.59 Å². The second-order valence-corrected chi connectivity index (χ2v) is 5.82. The molecule has 0 bridgehead atoms. The van der Waals surface area contributed by atoms with Gasteiger partial charge < -0.3 is 0 Å². The van der Waals surface area contributed by atoms with Crippen molar-refractivity contribution in [3.8, 4) is 0 Å². The van der Waals surface area contributed by atoms with Crippen LogP contribution in [0.25, 0.3) is 0 Å². The maximum Gasteiger partial charge on any atom is 0.339 e. The lowest BCUT2D eigenvalue weighted by molar-refractivity contribution is -0.129. The molecule has 1 spiro atoms. The van der Waals surface area contributed by atoms with E-state index in [4.69, 9.17) is 0 Å². The molecule has 1 aliphatic carbocycles. The van der Waals surface area contributed by atoms with Gasteiger partial charge in [0.1, 0.15) is 5.54 Å². The Kier molecular flexibility index (Phi) is 3.68. The van der Waals surface area contributed by atoms with Crippen LogP contribution in [0.15, 0.2) is 30.3 Å². The van der Waals surface area contributed by atoms with Crippen LogP contribution in [-0.2, 0) is 4.79 Å². The second-order valence-electron chi connectivity index (χ2n) is 5.82. The van der Waals surface area contributed by atoms with Crippen LogP contribution in [0.2, 0.25) is 0 Å². The lowest BCUT2D eigenvalue weighted by Crippen LogP contribution is -2.57. The van der Waals surface area contributed by atoms with E-state index >= 15 is 0 Å². The van der Waals surface area contributed by atoms with Crippen molar-refractivity contribution in [2.75, 3.05) is 6.54 Å². The monoisotopic (exact) mass is 287 g/mol. The number of hydrogen-bond donors (Lipinski definition) is 2. The van der Waals surface area contributed by atoms with Crippen molar-refractivity contribution in [2.45, 2.75) is 44.1 Å². The van der Waals surface area contributed by atoms with E-state index in [0.717, 1.165) is 12.8 Å². The third-order valence-corrected chi connectivity index (χ3v) is 4.67. The molecule has 5 nitrogen and oxygen atoms in total. The van der Waals surface area contributed by atoms with Crippen LogP contribution in [0.1, 0.15) is 44.1 Å². The van der Waals surface area contributed by atoms with Crippen LogP contribution < -0.4 is 10.7 Å². The molecule has 5 heteroatoms. The second kappa shape index (κ2) is 5.48. The van der Waals surface area contributed by atoms with Gasteiger partial charge in [0.05, 0.1) is 0 Å². The minimum Gasteiger partial charge on any atom is -0.275 e. The van der Waals surface area contributed by atoms with Gasteiger partial charge in [-0.25, -0.2) is 15.2 Å². The zero-order valence-corrected chi connectivity index (χ0v) is 12.3. The summed E-state index contributed by atoms with van der Waals surface area (Å²) in [6.45, 7) is 2.56. The first-order chi connectivity index (χ1) is 10.2. The molecular formula is C16H21N3O2. The molecule has 0 radical (unpaired) electrons. The summed E-state index contributed by atoms with van der Waals surface area (Å²) in [6.07, 6.45) is 3.26. The molecule has 0 aromatic heterocycles. The molecular weight excluding hydrogens is 266 g/mol. The molecule has 3 amide bonds. The predicted molar refractivity (Wildman–Crippen MR) is 79.4 cm³/mol. The van der Waals surface area contributed by atoms with Crippen molar-refractivity contribution in [1.29, 1.82) is 0 Å². The number of imide groups is 1. The summed E-state index contributed by atoms with van der Waals surface area (Å²) in [5.74, 6) is 0.323. The highest BCUT2D eigenvalue weighted by atomic mass is 16.2. The maximum absolute atomic E-state index is 12.3. The summed E-state index contributed by atoms with van der Waals surface area (Å²) in [5, 5.41) is 3.98. The highest BCUT2D eigenvalue weighted by Crippen LogP contribution is 2.42. The number of hydrogen-bond acceptors (Lipinski definition) is 3. The molecule has 21 heavy (non-hydrogen) atoms. The van der Waals surface area contributed by atoms with Gasteiger partial charge >= 0.3 is 6.03 Å². The van der Waals surface area contributed by atoms with Gasteiger partial charge in [0.15, 0.2) is 0 Å². The number of rotatable bonds is 3. The number of amides is 3. The van der Waals surface area contributed by atoms with Crippen LogP contribution >= 0.6 is 0 Å². The summed E-state index contributed by atoms with van der Waals surface area (Å²) < 4.78 is 0. The minimum atomic E-state index is -0.696. The third-order valence-electron chi connectivity index (χ3n) is 4.67. The van der Waals surface area contributed by atoms with Gasteiger partial charge in [0.2, 0.25) is 0 Å². The van der Waals surface area contributed by atoms with Crippen LogP contribution in [0, 0.1) is 0 Å². The number of carbonyl (C=O) groups is 2. The largest absolute Gasteiger partial charge is 0.339 e. The molecule has 112 valence electrons. The van der Waals surface area contributed by atoms with Crippen molar-refractivity contribution in [2.24, 2.45) is 0 Å². The molecule has 1 heterocycles. The zero-order chi connectivity index (χ0) is 14.9. The fraction of sp³-hybridized carbons (Fsp3) is 0.500. The zero-order valence-electron chi connectivity index (χ0n) is 12.3. The summed E-state index contributed by atoms with van der Waals surface area (Å²) >= 11 is 0. The first kappa shape index (κ1) is 14.1. The fourth-order valence-electron chi connectivity index (χ4n) is 3.55. The standard InChI is InChI=1S/C16H21N3O2/c1-2-17-19-15(21)18-14(20)16(19)10-8-13(9-11-16)12-6-4-3-5-7-12/h3-7,13,17H,2,8-11H2,1H3,(H,18,20,21). The van der Waals surface area contributed by atoms with E-state index < -0.39 is 5.54 Å². The topological polar surface area (TPSA) is 61.4 Å². The number of nitrogens with zero attached hydrogens (tertiary/aromatic N) is 1. The minimum absolute atomic E-state index is 0.153. The Labute approximate surface area is 124 Å². The van der Waals surface area contributed by atoms with Crippen LogP contribution in [0.4, 0.5) is 4.79 Å². The van der Waals surface area contributed by atoms with Crippen LogP contribution in [0.5, 0.6) is 0 Å². The van der Waals surface area contributed by atoms with Crippen LogP contribution in [-0.4, -0.2) is 29.0 Å². The summed E-state index contributed by atoms with van der Waals surface area (Å²) in [7, 11) is 0. The number of benzene rings is 1. The molecule has 2 aliphatic rings. The van der Waals surface area contributed by atoms with Gasteiger partial charge in [-0.1, -0.05) is 37.3 Å². The Hall–Kier alpha value is -1.88. The van der Waals surface area contributed by atoms with Gasteiger partial charge in [-0.2, -0.15) is 0 Å². The molecule has 1 aliphatic heterocycles. The molecule has 0 atom stereocenters. The van der Waals surface area contributed by atoms with E-state index in [1.807, 2.05) is 13.0 Å². The number of nitrogens with one attached hydrogen (secondary N) is 2. The normalized spacial score (nSPS) is 29.0. The predicted octanol–water partition coefficient (Wildman–Crippen LogP) is 2.16. The molecule has 2 N–H and O–H groups in total. The SMILES string of the molecule is CCNN1C(=O)NC(=O)C12CCC(c1ccccc1)CC2. The van der Waals surface area contributed by atoms with E-state index in [0.29, 0.717) is 25.3 Å². The number of carbonyl (C=O) groups excluding carboxylic acids is 2. The van der Waals surface area contributed by atoms with Gasteiger partial charge in [-0.05, 0) is 37.2 Å². The summed E-state index contributed by atoms with van der Waals surface area (Å²) in [5.41, 5.74) is 3.67. The molecule has 0 unspecified atom stereocenters. The molecule has 1 saturated heterocycles. The van der Waals surface area contributed by atoms with Crippen molar-refractivity contribution in [1.82, 2.24) is 15.8 Å². The van der Waals surface area contributed by atoms with E-state index in [2.05, 4.69) is 35.0 Å². The van der Waals surface area contributed by atoms with Crippen molar-refractivity contribution >= 4 is 11.9 Å². The molecule has 3 rings (SSSR count). The van der Waals surface area contributed by atoms with Crippen molar-refractivity contribution in [3.63, 3.8) is 0 Å². The first-order valence-electron chi connectivity index (χ1n) is 7.61. The lowest BCUT2D eigenvalue weighted by Gasteiger charge is -2.40. The Morgan fingerprint density at radius 2 is 1.90 bits per heavy atom. The highest BCUT2D eigenvalue weighted by molar-refractivity contribution is 6.06. The van der Waals surface area contributed by atoms with Gasteiger partial charge in [-0.3, -0.25) is 10.1 Å². The highest BCUT2D eigenvalue weighted by Gasteiger charge is 2.54. The number of urea groups is 1. The molecule has 1 aromatic carbocycles. The van der Waals surface area contributed by atoms with E-state index in [-0.39, 0.29) is 11.9 Å². The first-order valence-corrected chi connectivity index (χ1v) is 7.61. The van der Waals surface area contributed by atoms with Gasteiger partial charge in [0.25, 0.3) is 5.91 Å². The molecule has 1 saturated carbocycles. The molecule has 1 aromatic rings. The Bertz CT molecular complexity index is 536. The maximum atomic E-state index is 12.3. The third kappa shape index (κ3) is 2.31. The smallest absolute Gasteiger partial charge is 0.275 e. The number of hydrazine groups is 1. The Morgan fingerprint density at radius 1 is 1.24 bits per heavy atom. The average molecular weight is 287 g/mol. The Morgan fingerprint density at radius 3 is 2.52 bits per heavy atom. The van der Waals surface area contributed by atoms with Gasteiger partial charge in [-0.15, -0.1) is 0 Å². The quantitative estimate of drug-likeness (QED) is 0.837. The van der Waals surface area contributed by atoms with Crippen LogP contribution in [0.3, 0.4) is 0 Å². The van der Waals surface area contributed by atoms with E-state index in [1.54, 1.807) is 0 Å². The fourth-order valence-corrected chi connectivity index (χ4v) is 3.55. The summed E-state index contributed by atoms with van der Waals surface area (Å²) in [4.78, 5) is 24.2. The summed E-state index contributed by atoms with van der Waals surface area (Å²) in [6, 6.07) is 10.1. The van der Waals surface area contributed by atoms with Crippen molar-refractivity contribution in [3.05, 3.63) is 35.9 Å². The van der Waals surface area contributed by atoms with E-state index in [9.17, 15) is 9.59 Å². The average Bonchev–Trinajstić information content (AvgIpc) is 2.74. The lowest BCUT2D eigenvalue weighted by atomic mass is 9.74. The van der Waals surface area contributed by atoms with E-state index in [1.165, 1.54) is 10.6 Å². The molecule has 2 fully saturated rings.